The van der Waals surface area contributed by atoms with Gasteiger partial charge in [0.25, 0.3) is 0 Å². The molecule has 1 rings (SSSR count). The van der Waals surface area contributed by atoms with Crippen molar-refractivity contribution in [3.05, 3.63) is 29.3 Å². The Morgan fingerprint density at radius 2 is 2.19 bits per heavy atom. The molecule has 0 aliphatic carbocycles. The molecule has 0 bridgehead atoms. The van der Waals surface area contributed by atoms with E-state index in [2.05, 4.69) is 0 Å². The van der Waals surface area contributed by atoms with E-state index in [0.29, 0.717) is 13.2 Å². The number of aryl methyl sites for hydroxylation is 1. The molecule has 1 aromatic carbocycles. The highest BCUT2D eigenvalue weighted by Gasteiger charge is 2.07. The number of benzene rings is 1. The molecule has 4 nitrogen and oxygen atoms in total. The van der Waals surface area contributed by atoms with Crippen LogP contribution in [0.4, 0.5) is 4.79 Å². The summed E-state index contributed by atoms with van der Waals surface area (Å²) in [6.45, 7) is 4.92. The molecule has 0 heterocycles. The maximum Gasteiger partial charge on any atom is 0.407 e. The summed E-state index contributed by atoms with van der Waals surface area (Å²) in [5.74, 6) is 0.851. The maximum absolute atomic E-state index is 10.7. The highest BCUT2D eigenvalue weighted by Crippen LogP contribution is 2.19. The lowest BCUT2D eigenvalue weighted by Gasteiger charge is -2.14. The molecule has 0 aliphatic rings. The van der Waals surface area contributed by atoms with Crippen LogP contribution in [0.25, 0.3) is 0 Å². The van der Waals surface area contributed by atoms with Crippen LogP contribution in [0.3, 0.4) is 0 Å². The largest absolute Gasteiger partial charge is 0.494 e. The van der Waals surface area contributed by atoms with Gasteiger partial charge < -0.3 is 14.7 Å². The molecule has 1 amide bonds. The molecule has 4 heteroatoms. The van der Waals surface area contributed by atoms with Crippen LogP contribution in [-0.4, -0.2) is 29.8 Å². The van der Waals surface area contributed by atoms with Crippen molar-refractivity contribution >= 4 is 6.09 Å². The van der Waals surface area contributed by atoms with E-state index in [1.807, 2.05) is 32.0 Å². The van der Waals surface area contributed by atoms with Crippen LogP contribution in [0.5, 0.6) is 5.75 Å². The minimum Gasteiger partial charge on any atom is -0.494 e. The molecule has 16 heavy (non-hydrogen) atoms. The lowest BCUT2D eigenvalue weighted by Crippen LogP contribution is -2.23. The number of hydrogen-bond donors (Lipinski definition) is 1. The number of rotatable bonds is 4. The summed E-state index contributed by atoms with van der Waals surface area (Å²) in [7, 11) is 1.55. The smallest absolute Gasteiger partial charge is 0.407 e. The number of carbonyl (C=O) groups is 1. The Bertz CT molecular complexity index is 377. The first kappa shape index (κ1) is 12.4. The number of carboxylic acid groups (broad SMARTS) is 1. The lowest BCUT2D eigenvalue weighted by atomic mass is 10.1. The molecule has 0 spiro atoms. The normalized spacial score (nSPS) is 9.94. The molecule has 0 aromatic heterocycles. The minimum absolute atomic E-state index is 0.391. The molecule has 0 atom stereocenters. The molecule has 88 valence electrons. The maximum atomic E-state index is 10.7. The lowest BCUT2D eigenvalue weighted by molar-refractivity contribution is 0.153. The van der Waals surface area contributed by atoms with Gasteiger partial charge in [0.1, 0.15) is 5.75 Å². The van der Waals surface area contributed by atoms with Crippen molar-refractivity contribution in [2.24, 2.45) is 0 Å². The quantitative estimate of drug-likeness (QED) is 0.853. The van der Waals surface area contributed by atoms with Gasteiger partial charge in [-0.1, -0.05) is 12.1 Å². The van der Waals surface area contributed by atoms with E-state index in [0.717, 1.165) is 16.9 Å². The summed E-state index contributed by atoms with van der Waals surface area (Å²) in [5, 5.41) is 8.75. The molecule has 0 saturated heterocycles. The highest BCUT2D eigenvalue weighted by molar-refractivity contribution is 5.64. The summed E-state index contributed by atoms with van der Waals surface area (Å²) in [6.07, 6.45) is -0.925. The van der Waals surface area contributed by atoms with Gasteiger partial charge in [0.05, 0.1) is 6.61 Å². The third kappa shape index (κ3) is 3.15. The monoisotopic (exact) mass is 223 g/mol. The fraction of sp³-hybridized carbons (Fsp3) is 0.417. The molecule has 0 unspecified atom stereocenters. The summed E-state index contributed by atoms with van der Waals surface area (Å²) in [4.78, 5) is 11.9. The van der Waals surface area contributed by atoms with Crippen LogP contribution in [0.15, 0.2) is 18.2 Å². The van der Waals surface area contributed by atoms with Gasteiger partial charge in [0.15, 0.2) is 0 Å². The number of ether oxygens (including phenoxy) is 1. The minimum atomic E-state index is -0.925. The van der Waals surface area contributed by atoms with Crippen LogP contribution < -0.4 is 4.74 Å². The van der Waals surface area contributed by atoms with E-state index in [4.69, 9.17) is 9.84 Å². The fourth-order valence-corrected chi connectivity index (χ4v) is 1.47. The van der Waals surface area contributed by atoms with E-state index in [-0.39, 0.29) is 0 Å². The molecule has 0 aliphatic heterocycles. The zero-order chi connectivity index (χ0) is 12.1. The molecular formula is C12H17NO3. The first-order chi connectivity index (χ1) is 7.54. The Morgan fingerprint density at radius 1 is 1.50 bits per heavy atom. The SMILES string of the molecule is CCOc1ccc(CN(C)C(=O)O)cc1C. The first-order valence-electron chi connectivity index (χ1n) is 5.21. The number of nitrogens with zero attached hydrogens (tertiary/aromatic N) is 1. The van der Waals surface area contributed by atoms with Gasteiger partial charge in [0.2, 0.25) is 0 Å². The predicted octanol–water partition coefficient (Wildman–Crippen LogP) is 2.50. The average Bonchev–Trinajstić information content (AvgIpc) is 2.22. The van der Waals surface area contributed by atoms with Crippen molar-refractivity contribution in [3.63, 3.8) is 0 Å². The molecule has 1 aromatic rings. The van der Waals surface area contributed by atoms with E-state index < -0.39 is 6.09 Å². The zero-order valence-corrected chi connectivity index (χ0v) is 9.86. The van der Waals surface area contributed by atoms with Gasteiger partial charge in [0, 0.05) is 13.6 Å². The fourth-order valence-electron chi connectivity index (χ4n) is 1.47. The zero-order valence-electron chi connectivity index (χ0n) is 9.86. The van der Waals surface area contributed by atoms with Gasteiger partial charge in [-0.25, -0.2) is 4.79 Å². The Labute approximate surface area is 95.5 Å². The van der Waals surface area contributed by atoms with Crippen molar-refractivity contribution in [2.45, 2.75) is 20.4 Å². The van der Waals surface area contributed by atoms with Gasteiger partial charge in [-0.3, -0.25) is 0 Å². The molecule has 0 fully saturated rings. The van der Waals surface area contributed by atoms with Crippen LogP contribution in [0, 0.1) is 6.92 Å². The van der Waals surface area contributed by atoms with E-state index in [9.17, 15) is 4.79 Å². The third-order valence-electron chi connectivity index (χ3n) is 2.29. The van der Waals surface area contributed by atoms with Gasteiger partial charge in [-0.05, 0) is 31.0 Å². The van der Waals surface area contributed by atoms with Gasteiger partial charge in [-0.15, -0.1) is 0 Å². The Kier molecular flexibility index (Phi) is 4.17. The number of amides is 1. The summed E-state index contributed by atoms with van der Waals surface area (Å²) in [5.41, 5.74) is 1.99. The summed E-state index contributed by atoms with van der Waals surface area (Å²) in [6, 6.07) is 5.71. The Hall–Kier alpha value is -1.71. The van der Waals surface area contributed by atoms with Crippen LogP contribution in [0.2, 0.25) is 0 Å². The second kappa shape index (κ2) is 5.39. The second-order valence-electron chi connectivity index (χ2n) is 3.67. The highest BCUT2D eigenvalue weighted by atomic mass is 16.5. The number of hydrogen-bond acceptors (Lipinski definition) is 2. The van der Waals surface area contributed by atoms with Gasteiger partial charge in [-0.2, -0.15) is 0 Å². The van der Waals surface area contributed by atoms with Crippen molar-refractivity contribution in [1.82, 2.24) is 4.90 Å². The topological polar surface area (TPSA) is 49.8 Å². The molecular weight excluding hydrogens is 206 g/mol. The van der Waals surface area contributed by atoms with Crippen LogP contribution in [0.1, 0.15) is 18.1 Å². The van der Waals surface area contributed by atoms with Gasteiger partial charge >= 0.3 is 6.09 Å². The van der Waals surface area contributed by atoms with Crippen LogP contribution in [-0.2, 0) is 6.54 Å². The third-order valence-corrected chi connectivity index (χ3v) is 2.29. The van der Waals surface area contributed by atoms with E-state index >= 15 is 0 Å². The predicted molar refractivity (Wildman–Crippen MR) is 61.8 cm³/mol. The first-order valence-corrected chi connectivity index (χ1v) is 5.21. The van der Waals surface area contributed by atoms with E-state index in [1.54, 1.807) is 7.05 Å². The van der Waals surface area contributed by atoms with Crippen molar-refractivity contribution in [2.75, 3.05) is 13.7 Å². The summed E-state index contributed by atoms with van der Waals surface area (Å²) < 4.78 is 5.41. The van der Waals surface area contributed by atoms with Crippen molar-refractivity contribution in [1.29, 1.82) is 0 Å². The van der Waals surface area contributed by atoms with Crippen molar-refractivity contribution in [3.8, 4) is 5.75 Å². The average molecular weight is 223 g/mol. The molecule has 1 N–H and O–H groups in total. The van der Waals surface area contributed by atoms with Crippen molar-refractivity contribution < 1.29 is 14.6 Å². The van der Waals surface area contributed by atoms with Crippen LogP contribution >= 0.6 is 0 Å². The van der Waals surface area contributed by atoms with E-state index in [1.165, 1.54) is 4.90 Å². The standard InChI is InChI=1S/C12H17NO3/c1-4-16-11-6-5-10(7-9(11)2)8-13(3)12(14)15/h5-7H,4,8H2,1-3H3,(H,14,15). The Morgan fingerprint density at radius 3 is 2.69 bits per heavy atom. The molecule has 0 radical (unpaired) electrons. The second-order valence-corrected chi connectivity index (χ2v) is 3.67. The Balaban J connectivity index is 2.77. The molecule has 0 saturated carbocycles. The summed E-state index contributed by atoms with van der Waals surface area (Å²) >= 11 is 0.